The van der Waals surface area contributed by atoms with Crippen LogP contribution in [0.4, 0.5) is 0 Å². The number of carbonyl (C=O) groups is 1. The number of benzene rings is 1. The fraction of sp³-hybridized carbons (Fsp3) is 0.560. The summed E-state index contributed by atoms with van der Waals surface area (Å²) in [6.45, 7) is 3.79. The molecule has 1 fully saturated rings. The zero-order valence-electron chi connectivity index (χ0n) is 18.5. The summed E-state index contributed by atoms with van der Waals surface area (Å²) >= 11 is 0. The van der Waals surface area contributed by atoms with Crippen LogP contribution >= 0.6 is 0 Å². The van der Waals surface area contributed by atoms with Gasteiger partial charge >= 0.3 is 5.97 Å². The molecule has 0 aliphatic heterocycles. The Labute approximate surface area is 185 Å². The monoisotopic (exact) mass is 432 g/mol. The van der Waals surface area contributed by atoms with Crippen molar-refractivity contribution in [2.75, 3.05) is 6.61 Å². The van der Waals surface area contributed by atoms with Crippen LogP contribution in [-0.2, 0) is 9.53 Å². The van der Waals surface area contributed by atoms with E-state index in [0.717, 1.165) is 12.8 Å². The summed E-state index contributed by atoms with van der Waals surface area (Å²) in [7, 11) is 0. The van der Waals surface area contributed by atoms with E-state index in [9.17, 15) is 20.1 Å². The summed E-state index contributed by atoms with van der Waals surface area (Å²) in [6.07, 6.45) is 8.12. The molecule has 1 unspecified atom stereocenters. The average Bonchev–Trinajstić information content (AvgIpc) is 3.00. The van der Waals surface area contributed by atoms with Crippen molar-refractivity contribution in [1.29, 1.82) is 0 Å². The number of carbonyl (C=O) groups excluding carboxylic acids is 1. The zero-order valence-corrected chi connectivity index (χ0v) is 18.5. The molecule has 3 N–H and O–H groups in total. The Hall–Kier alpha value is -2.15. The van der Waals surface area contributed by atoms with Crippen molar-refractivity contribution >= 4 is 5.97 Å². The van der Waals surface area contributed by atoms with Gasteiger partial charge in [-0.2, -0.15) is 0 Å². The van der Waals surface area contributed by atoms with Crippen molar-refractivity contribution in [1.82, 2.24) is 0 Å². The van der Waals surface area contributed by atoms with E-state index < -0.39 is 18.3 Å². The molecule has 0 amide bonds. The van der Waals surface area contributed by atoms with E-state index >= 15 is 0 Å². The molecule has 0 aromatic heterocycles. The Morgan fingerprint density at radius 2 is 1.90 bits per heavy atom. The van der Waals surface area contributed by atoms with Crippen LogP contribution in [0.5, 0.6) is 5.75 Å². The van der Waals surface area contributed by atoms with Crippen LogP contribution in [0.25, 0.3) is 0 Å². The van der Waals surface area contributed by atoms with E-state index in [1.165, 1.54) is 0 Å². The highest BCUT2D eigenvalue weighted by molar-refractivity contribution is 5.69. The number of hydrogen-bond donors (Lipinski definition) is 3. The van der Waals surface area contributed by atoms with E-state index in [1.807, 2.05) is 56.3 Å². The van der Waals surface area contributed by atoms with Gasteiger partial charge in [0, 0.05) is 18.8 Å². The summed E-state index contributed by atoms with van der Waals surface area (Å²) < 4.78 is 10.6. The lowest BCUT2D eigenvalue weighted by molar-refractivity contribution is -0.147. The Morgan fingerprint density at radius 1 is 1.16 bits per heavy atom. The molecule has 2 rings (SSSR count). The van der Waals surface area contributed by atoms with Gasteiger partial charge in [0.05, 0.1) is 18.3 Å². The van der Waals surface area contributed by atoms with Crippen LogP contribution in [0.3, 0.4) is 0 Å². The maximum atomic E-state index is 11.5. The smallest absolute Gasteiger partial charge is 0.306 e. The van der Waals surface area contributed by atoms with Gasteiger partial charge in [0.25, 0.3) is 0 Å². The molecule has 0 heterocycles. The van der Waals surface area contributed by atoms with Crippen molar-refractivity contribution in [3.05, 3.63) is 54.6 Å². The van der Waals surface area contributed by atoms with Crippen LogP contribution in [0.1, 0.15) is 46.0 Å². The Bertz CT molecular complexity index is 699. The number of aliphatic hydroxyl groups excluding tert-OH is 3. The first-order chi connectivity index (χ1) is 14.9. The molecular formula is C25H36O6. The maximum Gasteiger partial charge on any atom is 0.306 e. The highest BCUT2D eigenvalue weighted by atomic mass is 16.5. The summed E-state index contributed by atoms with van der Waals surface area (Å²) in [6, 6.07) is 9.27. The molecule has 0 saturated heterocycles. The quantitative estimate of drug-likeness (QED) is 0.266. The molecule has 1 aromatic carbocycles. The number of para-hydroxylation sites is 1. The van der Waals surface area contributed by atoms with Gasteiger partial charge in [-0.1, -0.05) is 42.5 Å². The normalized spacial score (nSPS) is 24.8. The number of unbranched alkanes of at least 4 members (excludes halogenated alkanes) is 1. The fourth-order valence-corrected chi connectivity index (χ4v) is 3.77. The molecule has 1 aliphatic rings. The van der Waals surface area contributed by atoms with Gasteiger partial charge in [0.2, 0.25) is 0 Å². The maximum absolute atomic E-state index is 11.5. The van der Waals surface area contributed by atoms with E-state index in [4.69, 9.17) is 9.47 Å². The van der Waals surface area contributed by atoms with Crippen molar-refractivity contribution < 1.29 is 29.6 Å². The van der Waals surface area contributed by atoms with Crippen molar-refractivity contribution in [2.45, 2.75) is 70.4 Å². The Morgan fingerprint density at radius 3 is 2.61 bits per heavy atom. The fourth-order valence-electron chi connectivity index (χ4n) is 3.77. The second-order valence-electron chi connectivity index (χ2n) is 8.33. The molecule has 172 valence electrons. The molecule has 1 aliphatic carbocycles. The number of allylic oxidation sites excluding steroid dienone is 2. The minimum absolute atomic E-state index is 0.0910. The molecule has 0 spiro atoms. The summed E-state index contributed by atoms with van der Waals surface area (Å²) in [5.41, 5.74) is 0. The Kier molecular flexibility index (Phi) is 10.8. The number of ether oxygens (including phenoxy) is 2. The summed E-state index contributed by atoms with van der Waals surface area (Å²) in [5, 5.41) is 30.8. The van der Waals surface area contributed by atoms with Crippen LogP contribution in [0.15, 0.2) is 54.6 Å². The van der Waals surface area contributed by atoms with E-state index in [0.29, 0.717) is 25.0 Å². The number of esters is 1. The summed E-state index contributed by atoms with van der Waals surface area (Å²) in [4.78, 5) is 11.5. The molecule has 0 radical (unpaired) electrons. The van der Waals surface area contributed by atoms with Gasteiger partial charge in [-0.3, -0.25) is 4.79 Å². The molecule has 1 saturated carbocycles. The van der Waals surface area contributed by atoms with Gasteiger partial charge < -0.3 is 24.8 Å². The topological polar surface area (TPSA) is 96.2 Å². The van der Waals surface area contributed by atoms with Gasteiger partial charge in [-0.25, -0.2) is 0 Å². The lowest BCUT2D eigenvalue weighted by Gasteiger charge is -2.19. The van der Waals surface area contributed by atoms with E-state index in [2.05, 4.69) is 0 Å². The number of rotatable bonds is 12. The van der Waals surface area contributed by atoms with Gasteiger partial charge in [0.1, 0.15) is 18.5 Å². The highest BCUT2D eigenvalue weighted by Gasteiger charge is 2.39. The number of aliphatic hydroxyl groups is 3. The predicted octanol–water partition coefficient (Wildman–Crippen LogP) is 3.41. The minimum Gasteiger partial charge on any atom is -0.491 e. The molecule has 5 atom stereocenters. The van der Waals surface area contributed by atoms with Gasteiger partial charge in [-0.15, -0.1) is 0 Å². The van der Waals surface area contributed by atoms with Crippen molar-refractivity contribution in [3.8, 4) is 5.75 Å². The van der Waals surface area contributed by atoms with Crippen LogP contribution in [0, 0.1) is 11.8 Å². The van der Waals surface area contributed by atoms with Crippen LogP contribution < -0.4 is 4.74 Å². The molecule has 6 nitrogen and oxygen atoms in total. The first kappa shape index (κ1) is 25.1. The van der Waals surface area contributed by atoms with E-state index in [1.54, 1.807) is 12.2 Å². The SMILES string of the molecule is CC(C)OC(=O)CCC/C=C\C[C@@H]1[C@@H](/C=C/C(O)COc2ccccc2)[C@H](O)C[C@@H]1O. The standard InChI is InChI=1S/C25H36O6/c1-18(2)31-25(29)13-9-4-3-8-12-21-22(24(28)16-23(21)27)15-14-19(26)17-30-20-10-6-5-7-11-20/h3,5-8,10-11,14-15,18-19,21-24,26-28H,4,9,12-13,16-17H2,1-2H3/b8-3-,15-14+/t19?,21-,22-,23+,24-/m1/s1. The molecule has 1 aromatic rings. The molecular weight excluding hydrogens is 396 g/mol. The van der Waals surface area contributed by atoms with Crippen LogP contribution in [0.2, 0.25) is 0 Å². The molecule has 0 bridgehead atoms. The average molecular weight is 433 g/mol. The zero-order chi connectivity index (χ0) is 22.6. The van der Waals surface area contributed by atoms with Crippen LogP contribution in [-0.4, -0.2) is 52.3 Å². The van der Waals surface area contributed by atoms with E-state index in [-0.39, 0.29) is 30.5 Å². The summed E-state index contributed by atoms with van der Waals surface area (Å²) in [5.74, 6) is 0.159. The highest BCUT2D eigenvalue weighted by Crippen LogP contribution is 2.36. The lowest BCUT2D eigenvalue weighted by atomic mass is 9.89. The molecule has 31 heavy (non-hydrogen) atoms. The van der Waals surface area contributed by atoms with Crippen molar-refractivity contribution in [2.24, 2.45) is 11.8 Å². The largest absolute Gasteiger partial charge is 0.491 e. The third-order valence-corrected chi connectivity index (χ3v) is 5.33. The second-order valence-corrected chi connectivity index (χ2v) is 8.33. The minimum atomic E-state index is -0.799. The third kappa shape index (κ3) is 9.25. The van der Waals surface area contributed by atoms with Crippen molar-refractivity contribution in [3.63, 3.8) is 0 Å². The predicted molar refractivity (Wildman–Crippen MR) is 120 cm³/mol. The Balaban J connectivity index is 1.77. The van der Waals surface area contributed by atoms with Gasteiger partial charge in [0.15, 0.2) is 0 Å². The number of hydrogen-bond acceptors (Lipinski definition) is 6. The lowest BCUT2D eigenvalue weighted by Crippen LogP contribution is -2.21. The second kappa shape index (κ2) is 13.3. The third-order valence-electron chi connectivity index (χ3n) is 5.33. The first-order valence-electron chi connectivity index (χ1n) is 11.1. The molecule has 6 heteroatoms. The van der Waals surface area contributed by atoms with Gasteiger partial charge in [-0.05, 0) is 51.2 Å². The first-order valence-corrected chi connectivity index (χ1v) is 11.1.